The van der Waals surface area contributed by atoms with Crippen molar-refractivity contribution in [2.45, 2.75) is 39.2 Å². The minimum atomic E-state index is 0.362. The molecule has 0 radical (unpaired) electrons. The number of benzene rings is 1. The minimum Gasteiger partial charge on any atom is -0.494 e. The first-order valence-electron chi connectivity index (χ1n) is 8.02. The van der Waals surface area contributed by atoms with Gasteiger partial charge in [0.2, 0.25) is 0 Å². The number of para-hydroxylation sites is 1. The molecule has 1 saturated heterocycles. The number of nitrogens with one attached hydrogen (secondary N) is 1. The fraction of sp³-hybridized carbons (Fsp3) is 0.647. The Bertz CT molecular complexity index is 388. The van der Waals surface area contributed by atoms with Crippen molar-refractivity contribution in [1.29, 1.82) is 0 Å². The summed E-state index contributed by atoms with van der Waals surface area (Å²) in [6.45, 7) is 9.48. The van der Waals surface area contributed by atoms with Crippen LogP contribution in [0.2, 0.25) is 0 Å². The first-order chi connectivity index (χ1) is 9.85. The van der Waals surface area contributed by atoms with Crippen molar-refractivity contribution in [2.24, 2.45) is 0 Å². The minimum absolute atomic E-state index is 0.362. The Morgan fingerprint density at radius 2 is 1.90 bits per heavy atom. The number of piperidine rings is 1. The van der Waals surface area contributed by atoms with E-state index in [2.05, 4.69) is 41.4 Å². The third-order valence-corrected chi connectivity index (χ3v) is 3.93. The Balaban J connectivity index is 2.10. The lowest BCUT2D eigenvalue weighted by Gasteiger charge is -2.31. The van der Waals surface area contributed by atoms with E-state index in [1.165, 1.54) is 37.9 Å². The molecule has 1 atom stereocenters. The Kier molecular flexibility index (Phi) is 6.34. The van der Waals surface area contributed by atoms with Gasteiger partial charge in [-0.1, -0.05) is 31.5 Å². The van der Waals surface area contributed by atoms with Crippen LogP contribution in [0.4, 0.5) is 0 Å². The number of nitrogens with zero attached hydrogens (tertiary/aromatic N) is 1. The maximum atomic E-state index is 5.79. The van der Waals surface area contributed by atoms with Crippen LogP contribution in [-0.4, -0.2) is 37.7 Å². The Hall–Kier alpha value is -1.06. The van der Waals surface area contributed by atoms with Gasteiger partial charge >= 0.3 is 0 Å². The van der Waals surface area contributed by atoms with Crippen LogP contribution in [0.3, 0.4) is 0 Å². The summed E-state index contributed by atoms with van der Waals surface area (Å²) in [5.74, 6) is 1.03. The van der Waals surface area contributed by atoms with Crippen LogP contribution in [0.5, 0.6) is 5.75 Å². The predicted molar refractivity (Wildman–Crippen MR) is 84.3 cm³/mol. The first kappa shape index (κ1) is 15.3. The quantitative estimate of drug-likeness (QED) is 0.827. The van der Waals surface area contributed by atoms with Crippen molar-refractivity contribution < 1.29 is 4.74 Å². The van der Waals surface area contributed by atoms with Gasteiger partial charge in [-0.25, -0.2) is 0 Å². The van der Waals surface area contributed by atoms with E-state index >= 15 is 0 Å². The molecule has 1 aromatic carbocycles. The molecule has 1 N–H and O–H groups in total. The van der Waals surface area contributed by atoms with E-state index in [1.54, 1.807) is 0 Å². The van der Waals surface area contributed by atoms with Gasteiger partial charge in [-0.15, -0.1) is 0 Å². The highest BCUT2D eigenvalue weighted by Crippen LogP contribution is 2.26. The number of ether oxygens (including phenoxy) is 1. The fourth-order valence-corrected chi connectivity index (χ4v) is 2.97. The summed E-state index contributed by atoms with van der Waals surface area (Å²) in [7, 11) is 0. The predicted octanol–water partition coefficient (Wildman–Crippen LogP) is 3.22. The zero-order chi connectivity index (χ0) is 14.2. The molecule has 20 heavy (non-hydrogen) atoms. The van der Waals surface area contributed by atoms with Crippen molar-refractivity contribution in [1.82, 2.24) is 10.2 Å². The third kappa shape index (κ3) is 4.22. The number of rotatable bonds is 7. The normalized spacial score (nSPS) is 17.9. The summed E-state index contributed by atoms with van der Waals surface area (Å²) < 4.78 is 5.79. The van der Waals surface area contributed by atoms with E-state index < -0.39 is 0 Å². The lowest BCUT2D eigenvalue weighted by atomic mass is 10.0. The van der Waals surface area contributed by atoms with Gasteiger partial charge in [0.1, 0.15) is 5.75 Å². The molecule has 1 heterocycles. The summed E-state index contributed by atoms with van der Waals surface area (Å²) in [6, 6.07) is 8.80. The highest BCUT2D eigenvalue weighted by atomic mass is 16.5. The number of hydrogen-bond donors (Lipinski definition) is 1. The van der Waals surface area contributed by atoms with E-state index in [0.29, 0.717) is 6.04 Å². The van der Waals surface area contributed by atoms with Crippen LogP contribution >= 0.6 is 0 Å². The van der Waals surface area contributed by atoms with Crippen LogP contribution in [0.1, 0.15) is 44.7 Å². The Morgan fingerprint density at radius 3 is 2.60 bits per heavy atom. The average molecular weight is 276 g/mol. The molecule has 0 aliphatic carbocycles. The van der Waals surface area contributed by atoms with Gasteiger partial charge in [-0.3, -0.25) is 0 Å². The summed E-state index contributed by atoms with van der Waals surface area (Å²) in [5, 5.41) is 3.62. The number of likely N-dealkylation sites (tertiary alicyclic amines) is 1. The highest BCUT2D eigenvalue weighted by molar-refractivity contribution is 5.36. The second-order valence-electron chi connectivity index (χ2n) is 5.44. The average Bonchev–Trinajstić information content (AvgIpc) is 2.49. The largest absolute Gasteiger partial charge is 0.494 e. The summed E-state index contributed by atoms with van der Waals surface area (Å²) in [5.41, 5.74) is 1.29. The maximum Gasteiger partial charge on any atom is 0.124 e. The zero-order valence-corrected chi connectivity index (χ0v) is 12.9. The molecular weight excluding hydrogens is 248 g/mol. The van der Waals surface area contributed by atoms with Crippen molar-refractivity contribution in [3.05, 3.63) is 29.8 Å². The van der Waals surface area contributed by atoms with E-state index in [4.69, 9.17) is 4.74 Å². The van der Waals surface area contributed by atoms with Crippen molar-refractivity contribution >= 4 is 0 Å². The van der Waals surface area contributed by atoms with Gasteiger partial charge in [0.15, 0.2) is 0 Å². The molecule has 0 bridgehead atoms. The molecule has 1 fully saturated rings. The monoisotopic (exact) mass is 276 g/mol. The lowest BCUT2D eigenvalue weighted by molar-refractivity contribution is 0.204. The SMILES string of the molecule is CCNC(CN1CCCCC1)c1ccccc1OCC. The Labute approximate surface area is 123 Å². The second kappa shape index (κ2) is 8.28. The molecule has 0 aromatic heterocycles. The zero-order valence-electron chi connectivity index (χ0n) is 12.9. The van der Waals surface area contributed by atoms with Gasteiger partial charge < -0.3 is 15.0 Å². The molecular formula is C17H28N2O. The Morgan fingerprint density at radius 1 is 1.15 bits per heavy atom. The molecule has 0 spiro atoms. The molecule has 1 aromatic rings. The maximum absolute atomic E-state index is 5.79. The molecule has 3 heteroatoms. The van der Waals surface area contributed by atoms with Crippen LogP contribution in [0, 0.1) is 0 Å². The summed E-state index contributed by atoms with van der Waals surface area (Å²) in [4.78, 5) is 2.58. The van der Waals surface area contributed by atoms with Crippen molar-refractivity contribution in [3.63, 3.8) is 0 Å². The van der Waals surface area contributed by atoms with Gasteiger partial charge in [0.25, 0.3) is 0 Å². The molecule has 112 valence electrons. The third-order valence-electron chi connectivity index (χ3n) is 3.93. The van der Waals surface area contributed by atoms with Crippen LogP contribution in [0.15, 0.2) is 24.3 Å². The highest BCUT2D eigenvalue weighted by Gasteiger charge is 2.19. The fourth-order valence-electron chi connectivity index (χ4n) is 2.97. The lowest BCUT2D eigenvalue weighted by Crippen LogP contribution is -2.38. The first-order valence-corrected chi connectivity index (χ1v) is 8.02. The van der Waals surface area contributed by atoms with E-state index in [-0.39, 0.29) is 0 Å². The van der Waals surface area contributed by atoms with E-state index in [1.807, 2.05) is 6.92 Å². The molecule has 0 saturated carbocycles. The van der Waals surface area contributed by atoms with Crippen LogP contribution < -0.4 is 10.1 Å². The summed E-state index contributed by atoms with van der Waals surface area (Å²) in [6.07, 6.45) is 4.07. The van der Waals surface area contributed by atoms with E-state index in [9.17, 15) is 0 Å². The molecule has 1 aliphatic rings. The standard InChI is InChI=1S/C17H28N2O/c1-3-18-16(14-19-12-8-5-9-13-19)15-10-6-7-11-17(15)20-4-2/h6-7,10-11,16,18H,3-5,8-9,12-14H2,1-2H3. The van der Waals surface area contributed by atoms with Crippen molar-refractivity contribution in [3.8, 4) is 5.75 Å². The second-order valence-corrected chi connectivity index (χ2v) is 5.44. The van der Waals surface area contributed by atoms with Crippen LogP contribution in [-0.2, 0) is 0 Å². The number of likely N-dealkylation sites (N-methyl/N-ethyl adjacent to an activating group) is 1. The van der Waals surface area contributed by atoms with Gasteiger partial charge in [0, 0.05) is 18.2 Å². The topological polar surface area (TPSA) is 24.5 Å². The summed E-state index contributed by atoms with van der Waals surface area (Å²) >= 11 is 0. The molecule has 1 unspecified atom stereocenters. The molecule has 1 aliphatic heterocycles. The van der Waals surface area contributed by atoms with Gasteiger partial charge in [0.05, 0.1) is 6.61 Å². The number of hydrogen-bond acceptors (Lipinski definition) is 3. The van der Waals surface area contributed by atoms with Gasteiger partial charge in [-0.05, 0) is 45.5 Å². The van der Waals surface area contributed by atoms with Crippen molar-refractivity contribution in [2.75, 3.05) is 32.8 Å². The molecule has 2 rings (SSSR count). The van der Waals surface area contributed by atoms with E-state index in [0.717, 1.165) is 25.4 Å². The van der Waals surface area contributed by atoms with Gasteiger partial charge in [-0.2, -0.15) is 0 Å². The molecule has 3 nitrogen and oxygen atoms in total. The molecule has 0 amide bonds. The smallest absolute Gasteiger partial charge is 0.124 e. The van der Waals surface area contributed by atoms with Crippen LogP contribution in [0.25, 0.3) is 0 Å².